The third-order valence-electron chi connectivity index (χ3n) is 1.93. The number of nitrogens with one attached hydrogen (secondary N) is 1. The van der Waals surface area contributed by atoms with Crippen molar-refractivity contribution in [2.45, 2.75) is 13.5 Å². The van der Waals surface area contributed by atoms with E-state index in [9.17, 15) is 8.42 Å². The first-order valence-electron chi connectivity index (χ1n) is 4.06. The molecule has 6 heteroatoms. The molecule has 1 aromatic rings. The summed E-state index contributed by atoms with van der Waals surface area (Å²) in [5, 5.41) is 4.89. The fraction of sp³-hybridized carbons (Fsp3) is 0.375. The predicted molar refractivity (Wildman–Crippen MR) is 53.9 cm³/mol. The second-order valence-corrected chi connectivity index (χ2v) is 4.64. The first-order chi connectivity index (χ1) is 6.46. The molecule has 0 amide bonds. The molecule has 0 saturated carbocycles. The third-order valence-corrected chi connectivity index (χ3v) is 2.92. The van der Waals surface area contributed by atoms with E-state index in [0.717, 1.165) is 16.7 Å². The van der Waals surface area contributed by atoms with Crippen LogP contribution in [0.15, 0.2) is 18.2 Å². The van der Waals surface area contributed by atoms with Gasteiger partial charge in [-0.1, -0.05) is 6.58 Å². The minimum atomic E-state index is -3.36. The summed E-state index contributed by atoms with van der Waals surface area (Å²) >= 11 is 0. The number of rotatable bonds is 4. The highest BCUT2D eigenvalue weighted by atomic mass is 32.2. The van der Waals surface area contributed by atoms with Gasteiger partial charge in [0.05, 0.1) is 18.4 Å². The number of aromatic nitrogens is 2. The molecule has 0 bridgehead atoms. The number of aryl methyl sites for hydroxylation is 2. The molecule has 0 radical (unpaired) electrons. The predicted octanol–water partition coefficient (Wildman–Crippen LogP) is 0.291. The molecule has 5 nitrogen and oxygen atoms in total. The van der Waals surface area contributed by atoms with E-state index in [1.807, 2.05) is 6.92 Å². The highest BCUT2D eigenvalue weighted by molar-refractivity contribution is 7.92. The molecule has 0 aromatic carbocycles. The highest BCUT2D eigenvalue weighted by Crippen LogP contribution is 2.05. The molecule has 0 aliphatic carbocycles. The van der Waals surface area contributed by atoms with Crippen LogP contribution in [-0.4, -0.2) is 18.2 Å². The molecule has 0 unspecified atom stereocenters. The van der Waals surface area contributed by atoms with Gasteiger partial charge in [-0.15, -0.1) is 0 Å². The Kier molecular flexibility index (Phi) is 3.07. The molecule has 0 fully saturated rings. The van der Waals surface area contributed by atoms with Crippen LogP contribution in [0.5, 0.6) is 0 Å². The Morgan fingerprint density at radius 2 is 2.36 bits per heavy atom. The van der Waals surface area contributed by atoms with Crippen molar-refractivity contribution in [2.24, 2.45) is 7.05 Å². The molecule has 14 heavy (non-hydrogen) atoms. The molecule has 0 aliphatic heterocycles. The van der Waals surface area contributed by atoms with Crippen molar-refractivity contribution in [3.05, 3.63) is 29.4 Å². The van der Waals surface area contributed by atoms with Gasteiger partial charge in [-0.3, -0.25) is 4.68 Å². The molecule has 78 valence electrons. The normalized spacial score (nSPS) is 11.6. The molecule has 0 atom stereocenters. The Morgan fingerprint density at radius 3 is 2.79 bits per heavy atom. The van der Waals surface area contributed by atoms with Gasteiger partial charge in [0, 0.05) is 12.5 Å². The lowest BCUT2D eigenvalue weighted by molar-refractivity contribution is 0.586. The van der Waals surface area contributed by atoms with E-state index in [0.29, 0.717) is 0 Å². The Bertz CT molecular complexity index is 414. The number of sulfonamides is 1. The summed E-state index contributed by atoms with van der Waals surface area (Å²) in [6, 6.07) is 0. The molecule has 1 aromatic heterocycles. The van der Waals surface area contributed by atoms with Gasteiger partial charge < -0.3 is 0 Å². The van der Waals surface area contributed by atoms with Gasteiger partial charge in [0.2, 0.25) is 10.0 Å². The standard InChI is InChI=1S/C8H13N3O2S/c1-4-14(12,13)10-6-8-7(2)5-9-11(8)3/h4-5,10H,1,6H2,2-3H3. The Balaban J connectivity index is 2.76. The summed E-state index contributed by atoms with van der Waals surface area (Å²) < 4.78 is 26.1. The average molecular weight is 215 g/mol. The smallest absolute Gasteiger partial charge is 0.233 e. The summed E-state index contributed by atoms with van der Waals surface area (Å²) in [5.41, 5.74) is 1.80. The van der Waals surface area contributed by atoms with Gasteiger partial charge in [0.25, 0.3) is 0 Å². The van der Waals surface area contributed by atoms with E-state index < -0.39 is 10.0 Å². The van der Waals surface area contributed by atoms with Crippen LogP contribution >= 0.6 is 0 Å². The van der Waals surface area contributed by atoms with Crippen molar-refractivity contribution in [1.82, 2.24) is 14.5 Å². The molecule has 0 spiro atoms. The van der Waals surface area contributed by atoms with Crippen molar-refractivity contribution < 1.29 is 8.42 Å². The minimum Gasteiger partial charge on any atom is -0.271 e. The monoisotopic (exact) mass is 215 g/mol. The lowest BCUT2D eigenvalue weighted by Gasteiger charge is -2.04. The fourth-order valence-electron chi connectivity index (χ4n) is 1.05. The van der Waals surface area contributed by atoms with Crippen LogP contribution in [0.4, 0.5) is 0 Å². The van der Waals surface area contributed by atoms with Crippen LogP contribution in [0.3, 0.4) is 0 Å². The quantitative estimate of drug-likeness (QED) is 0.785. The summed E-state index contributed by atoms with van der Waals surface area (Å²) in [6.45, 7) is 5.32. The second-order valence-electron chi connectivity index (χ2n) is 2.93. The average Bonchev–Trinajstić information content (AvgIpc) is 2.44. The topological polar surface area (TPSA) is 64.0 Å². The van der Waals surface area contributed by atoms with Crippen molar-refractivity contribution in [3.63, 3.8) is 0 Å². The second kappa shape index (κ2) is 3.93. The molecule has 0 aliphatic rings. The zero-order valence-corrected chi connectivity index (χ0v) is 9.00. The maximum Gasteiger partial charge on any atom is 0.233 e. The summed E-state index contributed by atoms with van der Waals surface area (Å²) in [6.07, 6.45) is 1.69. The van der Waals surface area contributed by atoms with Crippen molar-refractivity contribution >= 4 is 10.0 Å². The molecule has 0 saturated heterocycles. The summed E-state index contributed by atoms with van der Waals surface area (Å²) in [4.78, 5) is 0. The van der Waals surface area contributed by atoms with Crippen LogP contribution in [0, 0.1) is 6.92 Å². The van der Waals surface area contributed by atoms with Crippen molar-refractivity contribution in [1.29, 1.82) is 0 Å². The van der Waals surface area contributed by atoms with E-state index in [1.54, 1.807) is 17.9 Å². The first kappa shape index (κ1) is 10.9. The maximum absolute atomic E-state index is 11.1. The van der Waals surface area contributed by atoms with E-state index in [-0.39, 0.29) is 6.54 Å². The van der Waals surface area contributed by atoms with E-state index >= 15 is 0 Å². The largest absolute Gasteiger partial charge is 0.271 e. The Morgan fingerprint density at radius 1 is 1.71 bits per heavy atom. The van der Waals surface area contributed by atoms with Gasteiger partial charge in [-0.05, 0) is 12.5 Å². The zero-order chi connectivity index (χ0) is 10.8. The van der Waals surface area contributed by atoms with Crippen molar-refractivity contribution in [3.8, 4) is 0 Å². The van der Waals surface area contributed by atoms with Crippen molar-refractivity contribution in [2.75, 3.05) is 0 Å². The SMILES string of the molecule is C=CS(=O)(=O)NCc1c(C)cnn1C. The molecular formula is C8H13N3O2S. The Labute approximate surface area is 83.5 Å². The van der Waals surface area contributed by atoms with Gasteiger partial charge in [0.1, 0.15) is 0 Å². The lowest BCUT2D eigenvalue weighted by Crippen LogP contribution is -2.22. The fourth-order valence-corrected chi connectivity index (χ4v) is 1.51. The van der Waals surface area contributed by atoms with E-state index in [4.69, 9.17) is 0 Å². The summed E-state index contributed by atoms with van der Waals surface area (Å²) in [7, 11) is -1.59. The van der Waals surface area contributed by atoms with Gasteiger partial charge >= 0.3 is 0 Å². The van der Waals surface area contributed by atoms with E-state index in [2.05, 4.69) is 16.4 Å². The molecular weight excluding hydrogens is 202 g/mol. The van der Waals surface area contributed by atoms with Crippen LogP contribution in [0.2, 0.25) is 0 Å². The first-order valence-corrected chi connectivity index (χ1v) is 5.60. The van der Waals surface area contributed by atoms with Gasteiger partial charge in [-0.2, -0.15) is 5.10 Å². The van der Waals surface area contributed by atoms with Gasteiger partial charge in [0.15, 0.2) is 0 Å². The molecule has 1 N–H and O–H groups in total. The number of hydrogen-bond acceptors (Lipinski definition) is 3. The summed E-state index contributed by atoms with van der Waals surface area (Å²) in [5.74, 6) is 0. The van der Waals surface area contributed by atoms with E-state index in [1.165, 1.54) is 0 Å². The molecule has 1 rings (SSSR count). The molecule has 1 heterocycles. The zero-order valence-electron chi connectivity index (χ0n) is 8.19. The maximum atomic E-state index is 11.1. The lowest BCUT2D eigenvalue weighted by atomic mass is 10.3. The number of hydrogen-bond donors (Lipinski definition) is 1. The minimum absolute atomic E-state index is 0.233. The van der Waals surface area contributed by atoms with Crippen LogP contribution < -0.4 is 4.72 Å². The van der Waals surface area contributed by atoms with Gasteiger partial charge in [-0.25, -0.2) is 13.1 Å². The Hall–Kier alpha value is -1.14. The highest BCUT2D eigenvalue weighted by Gasteiger charge is 2.08. The number of nitrogens with zero attached hydrogens (tertiary/aromatic N) is 2. The third kappa shape index (κ3) is 2.43. The van der Waals surface area contributed by atoms with Crippen LogP contribution in [-0.2, 0) is 23.6 Å². The van der Waals surface area contributed by atoms with Crippen LogP contribution in [0.25, 0.3) is 0 Å². The van der Waals surface area contributed by atoms with Crippen LogP contribution in [0.1, 0.15) is 11.3 Å².